The lowest BCUT2D eigenvalue weighted by atomic mass is 9.91. The van der Waals surface area contributed by atoms with Crippen LogP contribution in [-0.2, 0) is 0 Å². The largest absolute Gasteiger partial charge is 0.507 e. The third-order valence-corrected chi connectivity index (χ3v) is 4.68. The Morgan fingerprint density at radius 3 is 2.67 bits per heavy atom. The molecule has 0 unspecified atom stereocenters. The van der Waals surface area contributed by atoms with Crippen LogP contribution in [0.2, 0.25) is 0 Å². The number of allylic oxidation sites excluding steroid dienone is 2. The molecule has 0 bridgehead atoms. The van der Waals surface area contributed by atoms with Crippen molar-refractivity contribution in [2.45, 2.75) is 32.1 Å². The normalized spacial score (nSPS) is 14.7. The van der Waals surface area contributed by atoms with Crippen molar-refractivity contribution < 1.29 is 5.11 Å². The number of phenolic OH excluding ortho intramolecular Hbond substituents is 1. The first-order valence-corrected chi connectivity index (χ1v) is 8.04. The van der Waals surface area contributed by atoms with Gasteiger partial charge < -0.3 is 5.11 Å². The van der Waals surface area contributed by atoms with Crippen molar-refractivity contribution >= 4 is 16.9 Å². The summed E-state index contributed by atoms with van der Waals surface area (Å²) >= 11 is 1.48. The molecule has 4 heteroatoms. The van der Waals surface area contributed by atoms with Gasteiger partial charge in [-0.25, -0.2) is 4.98 Å². The van der Waals surface area contributed by atoms with Crippen LogP contribution in [0.15, 0.2) is 35.2 Å². The average molecular weight is 296 g/mol. The molecule has 1 aliphatic carbocycles. The van der Waals surface area contributed by atoms with Gasteiger partial charge in [0.05, 0.1) is 11.3 Å². The molecule has 1 N–H and O–H groups in total. The van der Waals surface area contributed by atoms with Gasteiger partial charge in [0.1, 0.15) is 16.8 Å². The first-order valence-electron chi connectivity index (χ1n) is 7.16. The Morgan fingerprint density at radius 1 is 1.19 bits per heavy atom. The van der Waals surface area contributed by atoms with E-state index < -0.39 is 0 Å². The number of aromatic nitrogens is 1. The highest BCUT2D eigenvalue weighted by atomic mass is 32.1. The number of nitrogens with zero attached hydrogens (tertiary/aromatic N) is 2. The number of phenols is 1. The second kappa shape index (κ2) is 6.11. The average Bonchev–Trinajstić information content (AvgIpc) is 2.99. The van der Waals surface area contributed by atoms with Gasteiger partial charge in [-0.05, 0) is 43.4 Å². The molecule has 1 heterocycles. The van der Waals surface area contributed by atoms with Crippen LogP contribution in [0.5, 0.6) is 5.75 Å². The van der Waals surface area contributed by atoms with E-state index in [-0.39, 0.29) is 5.75 Å². The van der Waals surface area contributed by atoms with E-state index in [1.807, 2.05) is 17.5 Å². The van der Waals surface area contributed by atoms with E-state index >= 15 is 0 Å². The van der Waals surface area contributed by atoms with Crippen LogP contribution >= 0.6 is 11.3 Å². The molecule has 3 rings (SSSR count). The predicted molar refractivity (Wildman–Crippen MR) is 84.8 cm³/mol. The second-order valence-electron chi connectivity index (χ2n) is 5.21. The molecule has 1 saturated carbocycles. The quantitative estimate of drug-likeness (QED) is 0.813. The molecule has 0 atom stereocenters. The molecular weight excluding hydrogens is 280 g/mol. The second-order valence-corrected chi connectivity index (χ2v) is 6.06. The Morgan fingerprint density at radius 2 is 1.95 bits per heavy atom. The molecule has 1 aromatic heterocycles. The zero-order valence-electron chi connectivity index (χ0n) is 11.7. The van der Waals surface area contributed by atoms with Gasteiger partial charge in [-0.15, -0.1) is 11.3 Å². The van der Waals surface area contributed by atoms with E-state index in [9.17, 15) is 10.4 Å². The number of para-hydroxylation sites is 1. The molecule has 1 aromatic carbocycles. The number of hydrogen-bond donors (Lipinski definition) is 1. The summed E-state index contributed by atoms with van der Waals surface area (Å²) in [6.07, 6.45) is 5.60. The highest BCUT2D eigenvalue weighted by Gasteiger charge is 2.16. The number of benzene rings is 1. The lowest BCUT2D eigenvalue weighted by molar-refractivity contribution is 0.477. The molecule has 3 nitrogen and oxygen atoms in total. The summed E-state index contributed by atoms with van der Waals surface area (Å²) in [4.78, 5) is 4.57. The van der Waals surface area contributed by atoms with Gasteiger partial charge in [-0.2, -0.15) is 5.26 Å². The molecule has 0 radical (unpaired) electrons. The van der Waals surface area contributed by atoms with E-state index in [2.05, 4.69) is 11.1 Å². The third kappa shape index (κ3) is 2.84. The Labute approximate surface area is 128 Å². The minimum atomic E-state index is 0.221. The first-order chi connectivity index (χ1) is 10.3. The Bertz CT molecular complexity index is 716. The van der Waals surface area contributed by atoms with Crippen LogP contribution in [0, 0.1) is 11.3 Å². The minimum Gasteiger partial charge on any atom is -0.507 e. The van der Waals surface area contributed by atoms with Gasteiger partial charge in [-0.3, -0.25) is 0 Å². The lowest BCUT2D eigenvalue weighted by Crippen LogP contribution is -1.97. The summed E-state index contributed by atoms with van der Waals surface area (Å²) in [5.41, 5.74) is 3.42. The van der Waals surface area contributed by atoms with Crippen molar-refractivity contribution in [3.05, 3.63) is 40.2 Å². The first kappa shape index (κ1) is 13.8. The Kier molecular flexibility index (Phi) is 4.03. The van der Waals surface area contributed by atoms with E-state index in [4.69, 9.17) is 0 Å². The SMILES string of the molecule is N#CC(=C1CCCCC1)c1nc(-c2ccccc2O)cs1. The van der Waals surface area contributed by atoms with Crippen molar-refractivity contribution in [2.75, 3.05) is 0 Å². The van der Waals surface area contributed by atoms with Gasteiger partial charge in [0.25, 0.3) is 0 Å². The number of nitriles is 1. The molecule has 0 spiro atoms. The summed E-state index contributed by atoms with van der Waals surface area (Å²) in [5, 5.41) is 22.1. The molecule has 1 aliphatic rings. The standard InChI is InChI=1S/C17H16N2OS/c18-10-14(12-6-2-1-3-7-12)17-19-15(11-21-17)13-8-4-5-9-16(13)20/h4-5,8-9,11,20H,1-3,6-7H2. The van der Waals surface area contributed by atoms with Gasteiger partial charge in [0.15, 0.2) is 0 Å². The Balaban J connectivity index is 1.98. The molecule has 0 saturated heterocycles. The highest BCUT2D eigenvalue weighted by molar-refractivity contribution is 7.11. The maximum atomic E-state index is 9.91. The van der Waals surface area contributed by atoms with Gasteiger partial charge in [0, 0.05) is 10.9 Å². The fourth-order valence-electron chi connectivity index (χ4n) is 2.71. The highest BCUT2D eigenvalue weighted by Crippen LogP contribution is 2.35. The van der Waals surface area contributed by atoms with Crippen LogP contribution in [0.3, 0.4) is 0 Å². The fraction of sp³-hybridized carbons (Fsp3) is 0.294. The Hall–Kier alpha value is -2.12. The summed E-state index contributed by atoms with van der Waals surface area (Å²) in [5.74, 6) is 0.221. The summed E-state index contributed by atoms with van der Waals surface area (Å²) in [7, 11) is 0. The molecule has 2 aromatic rings. The number of rotatable bonds is 2. The van der Waals surface area contributed by atoms with E-state index in [1.54, 1.807) is 12.1 Å². The van der Waals surface area contributed by atoms with Crippen molar-refractivity contribution in [2.24, 2.45) is 0 Å². The van der Waals surface area contributed by atoms with Crippen LogP contribution in [0.4, 0.5) is 0 Å². The van der Waals surface area contributed by atoms with E-state index in [0.29, 0.717) is 5.56 Å². The zero-order chi connectivity index (χ0) is 14.7. The topological polar surface area (TPSA) is 56.9 Å². The smallest absolute Gasteiger partial charge is 0.134 e. The van der Waals surface area contributed by atoms with E-state index in [0.717, 1.165) is 42.0 Å². The molecular formula is C17H16N2OS. The van der Waals surface area contributed by atoms with Crippen molar-refractivity contribution in [3.8, 4) is 23.1 Å². The molecule has 106 valence electrons. The lowest BCUT2D eigenvalue weighted by Gasteiger charge is -2.14. The van der Waals surface area contributed by atoms with Crippen LogP contribution in [0.1, 0.15) is 37.1 Å². The van der Waals surface area contributed by atoms with Gasteiger partial charge in [-0.1, -0.05) is 18.6 Å². The van der Waals surface area contributed by atoms with Crippen LogP contribution in [0.25, 0.3) is 16.8 Å². The van der Waals surface area contributed by atoms with Crippen molar-refractivity contribution in [1.82, 2.24) is 4.98 Å². The van der Waals surface area contributed by atoms with Crippen LogP contribution in [-0.4, -0.2) is 10.1 Å². The predicted octanol–water partition coefficient (Wildman–Crippen LogP) is 4.76. The summed E-state index contributed by atoms with van der Waals surface area (Å²) < 4.78 is 0. The number of aromatic hydroxyl groups is 1. The minimum absolute atomic E-state index is 0.221. The molecule has 1 fully saturated rings. The van der Waals surface area contributed by atoms with E-state index in [1.165, 1.54) is 23.3 Å². The number of thiazole rings is 1. The van der Waals surface area contributed by atoms with Gasteiger partial charge in [0.2, 0.25) is 0 Å². The van der Waals surface area contributed by atoms with Crippen molar-refractivity contribution in [3.63, 3.8) is 0 Å². The molecule has 0 amide bonds. The molecule has 0 aliphatic heterocycles. The molecule has 21 heavy (non-hydrogen) atoms. The van der Waals surface area contributed by atoms with Crippen LogP contribution < -0.4 is 0 Å². The fourth-order valence-corrected chi connectivity index (χ4v) is 3.57. The summed E-state index contributed by atoms with van der Waals surface area (Å²) in [6, 6.07) is 9.49. The monoisotopic (exact) mass is 296 g/mol. The number of hydrogen-bond acceptors (Lipinski definition) is 4. The maximum Gasteiger partial charge on any atom is 0.134 e. The maximum absolute atomic E-state index is 9.91. The van der Waals surface area contributed by atoms with Gasteiger partial charge >= 0.3 is 0 Å². The van der Waals surface area contributed by atoms with Crippen molar-refractivity contribution in [1.29, 1.82) is 5.26 Å². The zero-order valence-corrected chi connectivity index (χ0v) is 12.5. The third-order valence-electron chi connectivity index (χ3n) is 3.82. The summed E-state index contributed by atoms with van der Waals surface area (Å²) in [6.45, 7) is 0.